The molecule has 7 nitrogen and oxygen atoms in total. The van der Waals surface area contributed by atoms with Gasteiger partial charge in [0.1, 0.15) is 11.4 Å². The van der Waals surface area contributed by atoms with Gasteiger partial charge >= 0.3 is 0 Å². The molecular formula is C21H22N6O. The molecule has 2 fully saturated rings. The van der Waals surface area contributed by atoms with Crippen LogP contribution in [0.2, 0.25) is 0 Å². The normalized spacial score (nSPS) is 25.9. The number of hydrogen-bond acceptors (Lipinski definition) is 6. The minimum atomic E-state index is 0.571. The summed E-state index contributed by atoms with van der Waals surface area (Å²) < 4.78 is 6.27. The van der Waals surface area contributed by atoms with Crippen molar-refractivity contribution >= 4 is 11.4 Å². The van der Waals surface area contributed by atoms with Crippen LogP contribution >= 0.6 is 0 Å². The number of anilines is 2. The third kappa shape index (κ3) is 2.36. The number of H-pyrrole nitrogens is 1. The highest BCUT2D eigenvalue weighted by Gasteiger charge is 2.42. The van der Waals surface area contributed by atoms with E-state index >= 15 is 0 Å². The first-order valence-electron chi connectivity index (χ1n) is 9.97. The van der Waals surface area contributed by atoms with Gasteiger partial charge in [0.2, 0.25) is 5.82 Å². The van der Waals surface area contributed by atoms with Crippen LogP contribution in [-0.2, 0) is 0 Å². The van der Waals surface area contributed by atoms with Crippen molar-refractivity contribution in [2.24, 2.45) is 17.8 Å². The summed E-state index contributed by atoms with van der Waals surface area (Å²) in [5.41, 5.74) is 3.07. The van der Waals surface area contributed by atoms with Crippen LogP contribution in [0.15, 0.2) is 42.5 Å². The summed E-state index contributed by atoms with van der Waals surface area (Å²) >= 11 is 0. The summed E-state index contributed by atoms with van der Waals surface area (Å²) in [6.07, 6.45) is 2.69. The average Bonchev–Trinajstić information content (AvgIpc) is 3.31. The molecule has 2 atom stereocenters. The number of fused-ring (bicyclic) bond motifs is 4. The van der Waals surface area contributed by atoms with Crippen molar-refractivity contribution in [3.05, 3.63) is 42.5 Å². The van der Waals surface area contributed by atoms with Gasteiger partial charge in [-0.3, -0.25) is 5.01 Å². The molecule has 1 N–H and O–H groups in total. The van der Waals surface area contributed by atoms with Gasteiger partial charge in [0.05, 0.1) is 0 Å². The fourth-order valence-corrected chi connectivity index (χ4v) is 5.10. The number of benzene rings is 2. The summed E-state index contributed by atoms with van der Waals surface area (Å²) in [4.78, 5) is 0. The Labute approximate surface area is 163 Å². The summed E-state index contributed by atoms with van der Waals surface area (Å²) in [5.74, 6) is 4.65. The van der Waals surface area contributed by atoms with Crippen molar-refractivity contribution in [3.8, 4) is 22.9 Å². The number of aromatic amines is 1. The molecule has 1 saturated heterocycles. The maximum Gasteiger partial charge on any atom is 0.204 e. The minimum Gasteiger partial charge on any atom is -0.453 e. The molecule has 1 aliphatic carbocycles. The maximum atomic E-state index is 6.27. The lowest BCUT2D eigenvalue weighted by Crippen LogP contribution is -2.49. The number of piperidine rings is 1. The minimum absolute atomic E-state index is 0.571. The van der Waals surface area contributed by atoms with Gasteiger partial charge in [0, 0.05) is 18.7 Å². The second kappa shape index (κ2) is 6.04. The molecule has 28 heavy (non-hydrogen) atoms. The monoisotopic (exact) mass is 374 g/mol. The van der Waals surface area contributed by atoms with Gasteiger partial charge in [-0.25, -0.2) is 5.01 Å². The molecule has 2 unspecified atom stereocenters. The molecule has 2 bridgehead atoms. The topological polar surface area (TPSA) is 70.2 Å². The lowest BCUT2D eigenvalue weighted by atomic mass is 9.87. The molecule has 7 heteroatoms. The Morgan fingerprint density at radius 2 is 1.79 bits per heavy atom. The largest absolute Gasteiger partial charge is 0.453 e. The number of rotatable bonds is 2. The van der Waals surface area contributed by atoms with Crippen molar-refractivity contribution in [1.82, 2.24) is 25.6 Å². The van der Waals surface area contributed by atoms with E-state index in [0.29, 0.717) is 5.82 Å². The third-order valence-electron chi connectivity index (χ3n) is 6.67. The second-order valence-corrected chi connectivity index (χ2v) is 8.13. The predicted octanol–water partition coefficient (Wildman–Crippen LogP) is 4.00. The number of tetrazole rings is 1. The van der Waals surface area contributed by atoms with E-state index in [-0.39, 0.29) is 0 Å². The Morgan fingerprint density at radius 3 is 2.57 bits per heavy atom. The molecule has 2 aromatic carbocycles. The SMILES string of the molecule is CC1C2CCC1CN(N1c3ccccc3Oc3cc(-c4nn[nH]n4)ccc31)C2. The van der Waals surface area contributed by atoms with E-state index in [9.17, 15) is 0 Å². The molecule has 142 valence electrons. The van der Waals surface area contributed by atoms with Crippen molar-refractivity contribution in [2.75, 3.05) is 18.1 Å². The van der Waals surface area contributed by atoms with Crippen molar-refractivity contribution < 1.29 is 4.74 Å². The first-order valence-corrected chi connectivity index (χ1v) is 9.97. The fourth-order valence-electron chi connectivity index (χ4n) is 5.10. The van der Waals surface area contributed by atoms with Crippen LogP contribution in [0.4, 0.5) is 11.4 Å². The van der Waals surface area contributed by atoms with E-state index < -0.39 is 0 Å². The zero-order valence-electron chi connectivity index (χ0n) is 15.7. The van der Waals surface area contributed by atoms with Crippen molar-refractivity contribution in [3.63, 3.8) is 0 Å². The number of aromatic nitrogens is 4. The molecule has 3 heterocycles. The van der Waals surface area contributed by atoms with Crippen LogP contribution in [0.25, 0.3) is 11.4 Å². The first-order chi connectivity index (χ1) is 13.8. The molecule has 2 aliphatic heterocycles. The smallest absolute Gasteiger partial charge is 0.204 e. The highest BCUT2D eigenvalue weighted by atomic mass is 16.5. The zero-order valence-corrected chi connectivity index (χ0v) is 15.7. The van der Waals surface area contributed by atoms with Gasteiger partial charge in [0.15, 0.2) is 11.5 Å². The van der Waals surface area contributed by atoms with Gasteiger partial charge in [-0.1, -0.05) is 19.1 Å². The van der Waals surface area contributed by atoms with E-state index in [1.807, 2.05) is 24.3 Å². The molecule has 3 aromatic rings. The average molecular weight is 374 g/mol. The quantitative estimate of drug-likeness (QED) is 0.731. The third-order valence-corrected chi connectivity index (χ3v) is 6.67. The predicted molar refractivity (Wildman–Crippen MR) is 105 cm³/mol. The van der Waals surface area contributed by atoms with E-state index in [2.05, 4.69) is 55.8 Å². The maximum absolute atomic E-state index is 6.27. The molecule has 3 aliphatic rings. The lowest BCUT2D eigenvalue weighted by molar-refractivity contribution is 0.117. The van der Waals surface area contributed by atoms with Crippen LogP contribution in [0.5, 0.6) is 11.5 Å². The number of hydrazine groups is 1. The Bertz CT molecular complexity index is 1010. The van der Waals surface area contributed by atoms with E-state index in [0.717, 1.165) is 59.3 Å². The number of hydrogen-bond donors (Lipinski definition) is 1. The molecule has 1 saturated carbocycles. The lowest BCUT2D eigenvalue weighted by Gasteiger charge is -2.45. The van der Waals surface area contributed by atoms with Crippen LogP contribution in [-0.4, -0.2) is 38.7 Å². The Balaban J connectivity index is 1.44. The molecule has 0 spiro atoms. The summed E-state index contributed by atoms with van der Waals surface area (Å²) in [5, 5.41) is 19.3. The van der Waals surface area contributed by atoms with Gasteiger partial charge in [-0.05, 0) is 66.1 Å². The summed E-state index contributed by atoms with van der Waals surface area (Å²) in [7, 11) is 0. The summed E-state index contributed by atoms with van der Waals surface area (Å²) in [6, 6.07) is 14.4. The van der Waals surface area contributed by atoms with E-state index in [4.69, 9.17) is 4.74 Å². The van der Waals surface area contributed by atoms with Crippen LogP contribution in [0.3, 0.4) is 0 Å². The second-order valence-electron chi connectivity index (χ2n) is 8.13. The number of para-hydroxylation sites is 2. The Hall–Kier alpha value is -2.93. The molecule has 0 radical (unpaired) electrons. The van der Waals surface area contributed by atoms with Gasteiger partial charge in [-0.2, -0.15) is 5.21 Å². The Kier molecular flexibility index (Phi) is 3.46. The Morgan fingerprint density at radius 1 is 1.00 bits per heavy atom. The van der Waals surface area contributed by atoms with Gasteiger partial charge < -0.3 is 4.74 Å². The fraction of sp³-hybridized carbons (Fsp3) is 0.381. The van der Waals surface area contributed by atoms with Gasteiger partial charge in [-0.15, -0.1) is 10.2 Å². The molecule has 6 rings (SSSR count). The number of ether oxygens (including phenoxy) is 1. The van der Waals surface area contributed by atoms with Gasteiger partial charge in [0.25, 0.3) is 0 Å². The highest BCUT2D eigenvalue weighted by molar-refractivity contribution is 5.79. The van der Waals surface area contributed by atoms with Crippen LogP contribution in [0, 0.1) is 17.8 Å². The van der Waals surface area contributed by atoms with E-state index in [1.54, 1.807) is 0 Å². The zero-order chi connectivity index (χ0) is 18.7. The van der Waals surface area contributed by atoms with Crippen LogP contribution in [0.1, 0.15) is 19.8 Å². The molecule has 0 amide bonds. The first kappa shape index (κ1) is 16.1. The highest BCUT2D eigenvalue weighted by Crippen LogP contribution is 2.51. The van der Waals surface area contributed by atoms with Crippen molar-refractivity contribution in [1.29, 1.82) is 0 Å². The molecular weight excluding hydrogens is 352 g/mol. The van der Waals surface area contributed by atoms with Crippen molar-refractivity contribution in [2.45, 2.75) is 19.8 Å². The standard InChI is InChI=1S/C21H22N6O/c1-13-15-6-7-16(13)12-26(11-15)27-17-4-2-3-5-19(17)28-20-10-14(8-9-18(20)27)21-22-24-25-23-21/h2-5,8-10,13,15-16H,6-7,11-12H2,1H3,(H,22,23,24,25). The number of nitrogens with zero attached hydrogens (tertiary/aromatic N) is 5. The number of nitrogens with one attached hydrogen (secondary N) is 1. The van der Waals surface area contributed by atoms with Crippen LogP contribution < -0.4 is 9.75 Å². The van der Waals surface area contributed by atoms with E-state index in [1.165, 1.54) is 12.8 Å². The summed E-state index contributed by atoms with van der Waals surface area (Å²) in [6.45, 7) is 4.62. The molecule has 1 aromatic heterocycles.